The molecular formula is C24H18FN3O5S. The maximum absolute atomic E-state index is 14.6. The highest BCUT2D eigenvalue weighted by Crippen LogP contribution is 2.39. The normalized spacial score (nSPS) is 11.8. The number of hydrogen-bond donors (Lipinski definition) is 2. The monoisotopic (exact) mass is 479 g/mol. The van der Waals surface area contributed by atoms with Gasteiger partial charge in [-0.1, -0.05) is 18.2 Å². The summed E-state index contributed by atoms with van der Waals surface area (Å²) in [6.45, 7) is -0.0796. The van der Waals surface area contributed by atoms with E-state index in [2.05, 4.69) is 4.98 Å². The van der Waals surface area contributed by atoms with E-state index in [1.165, 1.54) is 29.2 Å². The van der Waals surface area contributed by atoms with Crippen LogP contribution in [0.3, 0.4) is 0 Å². The molecule has 0 saturated carbocycles. The fourth-order valence-corrected chi connectivity index (χ4v) is 4.62. The summed E-state index contributed by atoms with van der Waals surface area (Å²) in [4.78, 5) is 28.8. The van der Waals surface area contributed by atoms with Crippen molar-refractivity contribution in [3.05, 3.63) is 94.5 Å². The van der Waals surface area contributed by atoms with Gasteiger partial charge >= 0.3 is 0 Å². The first-order chi connectivity index (χ1) is 16.2. The van der Waals surface area contributed by atoms with E-state index < -0.39 is 27.3 Å². The number of pyridine rings is 1. The van der Waals surface area contributed by atoms with Crippen LogP contribution in [0.5, 0.6) is 0 Å². The molecule has 5 rings (SSSR count). The van der Waals surface area contributed by atoms with E-state index in [0.29, 0.717) is 21.9 Å². The molecule has 0 saturated heterocycles. The van der Waals surface area contributed by atoms with Gasteiger partial charge in [0.1, 0.15) is 17.1 Å². The molecule has 0 bridgehead atoms. The number of rotatable bonds is 5. The summed E-state index contributed by atoms with van der Waals surface area (Å²) in [5.41, 5.74) is 1.13. The van der Waals surface area contributed by atoms with Gasteiger partial charge in [0.15, 0.2) is 0 Å². The summed E-state index contributed by atoms with van der Waals surface area (Å²) in [7, 11) is -3.94. The Balaban J connectivity index is 1.94. The molecule has 34 heavy (non-hydrogen) atoms. The minimum absolute atomic E-state index is 0.0796. The maximum atomic E-state index is 14.6. The Morgan fingerprint density at radius 2 is 1.91 bits per heavy atom. The molecule has 3 heterocycles. The zero-order valence-electron chi connectivity index (χ0n) is 17.8. The predicted molar refractivity (Wildman–Crippen MR) is 126 cm³/mol. The first-order valence-electron chi connectivity index (χ1n) is 10.2. The second-order valence-corrected chi connectivity index (χ2v) is 9.56. The first kappa shape index (κ1) is 21.7. The van der Waals surface area contributed by atoms with E-state index in [1.807, 2.05) is 4.72 Å². The number of carbonyl (C=O) groups excluding carboxylic acids is 1. The summed E-state index contributed by atoms with van der Waals surface area (Å²) in [5.74, 6) is -1.42. The Kier molecular flexibility index (Phi) is 5.09. The summed E-state index contributed by atoms with van der Waals surface area (Å²) in [6, 6.07) is 14.3. The number of H-pyrrole nitrogens is 1. The number of carbonyl (C=O) groups is 1. The minimum atomic E-state index is -3.94. The van der Waals surface area contributed by atoms with Gasteiger partial charge in [0.25, 0.3) is 11.5 Å². The van der Waals surface area contributed by atoms with Crippen molar-refractivity contribution in [1.82, 2.24) is 14.3 Å². The van der Waals surface area contributed by atoms with Crippen LogP contribution < -0.4 is 10.3 Å². The highest BCUT2D eigenvalue weighted by molar-refractivity contribution is 7.89. The molecule has 172 valence electrons. The van der Waals surface area contributed by atoms with Crippen LogP contribution in [0.25, 0.3) is 33.0 Å². The van der Waals surface area contributed by atoms with Crippen LogP contribution in [0.2, 0.25) is 0 Å². The molecule has 1 amide bonds. The third kappa shape index (κ3) is 3.67. The lowest BCUT2D eigenvalue weighted by Gasteiger charge is -2.13. The van der Waals surface area contributed by atoms with E-state index in [9.17, 15) is 22.4 Å². The van der Waals surface area contributed by atoms with Crippen LogP contribution >= 0.6 is 0 Å². The molecule has 0 atom stereocenters. The summed E-state index contributed by atoms with van der Waals surface area (Å²) in [6.07, 6.45) is 3.79. The van der Waals surface area contributed by atoms with Crippen molar-refractivity contribution in [3.8, 4) is 11.1 Å². The second kappa shape index (κ2) is 7.99. The van der Waals surface area contributed by atoms with Crippen molar-refractivity contribution >= 4 is 37.8 Å². The molecule has 5 aromatic rings. The largest absolute Gasteiger partial charge is 0.464 e. The van der Waals surface area contributed by atoms with Crippen LogP contribution in [0.4, 0.5) is 4.39 Å². The number of aromatic amines is 1. The molecular weight excluding hydrogens is 461 g/mol. The molecule has 0 aliphatic rings. The summed E-state index contributed by atoms with van der Waals surface area (Å²) >= 11 is 0. The van der Waals surface area contributed by atoms with Crippen molar-refractivity contribution in [2.75, 3.05) is 6.26 Å². The lowest BCUT2D eigenvalue weighted by molar-refractivity contribution is 0.0974. The fourth-order valence-electron chi connectivity index (χ4n) is 4.19. The number of benzene rings is 2. The average molecular weight is 479 g/mol. The van der Waals surface area contributed by atoms with E-state index in [4.69, 9.17) is 4.42 Å². The number of furan rings is 1. The van der Waals surface area contributed by atoms with E-state index in [1.54, 1.807) is 42.5 Å². The average Bonchev–Trinajstić information content (AvgIpc) is 3.37. The van der Waals surface area contributed by atoms with Crippen molar-refractivity contribution in [2.45, 2.75) is 6.54 Å². The standard InChI is InChI=1S/C24H18FN3O5S/c1-34(31,32)27-24(30)22-21(16-6-4-11-26-23(16)29)20-15-10-12-33-19(15)9-8-18(20)28(22)13-14-5-2-3-7-17(14)25/h2-12H,13H2,1H3,(H,26,29)(H,27,30). The molecule has 8 nitrogen and oxygen atoms in total. The smallest absolute Gasteiger partial charge is 0.282 e. The third-order valence-electron chi connectivity index (χ3n) is 5.53. The highest BCUT2D eigenvalue weighted by atomic mass is 32.2. The van der Waals surface area contributed by atoms with Gasteiger partial charge in [-0.05, 0) is 36.4 Å². The molecule has 0 radical (unpaired) electrons. The predicted octanol–water partition coefficient (Wildman–Crippen LogP) is 3.62. The zero-order valence-corrected chi connectivity index (χ0v) is 18.6. The van der Waals surface area contributed by atoms with Gasteiger partial charge in [-0.15, -0.1) is 0 Å². The van der Waals surface area contributed by atoms with Crippen LogP contribution in [0.1, 0.15) is 16.1 Å². The van der Waals surface area contributed by atoms with Gasteiger partial charge in [-0.3, -0.25) is 9.59 Å². The molecule has 0 fully saturated rings. The molecule has 0 aliphatic carbocycles. The van der Waals surface area contributed by atoms with E-state index in [-0.39, 0.29) is 28.9 Å². The van der Waals surface area contributed by atoms with Crippen molar-refractivity contribution < 1.29 is 22.0 Å². The minimum Gasteiger partial charge on any atom is -0.464 e. The third-order valence-corrected chi connectivity index (χ3v) is 6.08. The Hall–Kier alpha value is -4.18. The SMILES string of the molecule is CS(=O)(=O)NC(=O)c1c(-c2ccc[nH]c2=O)c2c3ccoc3ccc2n1Cc1ccccc1F. The number of nitrogens with one attached hydrogen (secondary N) is 2. The number of aromatic nitrogens is 2. The Labute approximate surface area is 192 Å². The Morgan fingerprint density at radius 1 is 1.12 bits per heavy atom. The van der Waals surface area contributed by atoms with E-state index in [0.717, 1.165) is 6.26 Å². The van der Waals surface area contributed by atoms with Gasteiger partial charge in [0.05, 0.1) is 24.6 Å². The molecule has 2 N–H and O–H groups in total. The fraction of sp³-hybridized carbons (Fsp3) is 0.0833. The van der Waals surface area contributed by atoms with Gasteiger partial charge in [-0.25, -0.2) is 17.5 Å². The summed E-state index contributed by atoms with van der Waals surface area (Å²) in [5, 5.41) is 1.13. The number of amides is 1. The van der Waals surface area contributed by atoms with Crippen LogP contribution in [-0.4, -0.2) is 30.1 Å². The van der Waals surface area contributed by atoms with Crippen molar-refractivity contribution in [2.24, 2.45) is 0 Å². The second-order valence-electron chi connectivity index (χ2n) is 7.81. The van der Waals surface area contributed by atoms with Crippen molar-refractivity contribution in [1.29, 1.82) is 0 Å². The van der Waals surface area contributed by atoms with Crippen LogP contribution in [0, 0.1) is 5.82 Å². The number of fused-ring (bicyclic) bond motifs is 3. The molecule has 3 aromatic heterocycles. The highest BCUT2D eigenvalue weighted by Gasteiger charge is 2.29. The summed E-state index contributed by atoms with van der Waals surface area (Å²) < 4.78 is 47.5. The quantitative estimate of drug-likeness (QED) is 0.400. The molecule has 2 aromatic carbocycles. The maximum Gasteiger partial charge on any atom is 0.282 e. The number of nitrogens with zero attached hydrogens (tertiary/aromatic N) is 1. The van der Waals surface area contributed by atoms with E-state index >= 15 is 0 Å². The van der Waals surface area contributed by atoms with Crippen LogP contribution in [-0.2, 0) is 16.6 Å². The number of hydrogen-bond acceptors (Lipinski definition) is 5. The lowest BCUT2D eigenvalue weighted by Crippen LogP contribution is -2.32. The lowest BCUT2D eigenvalue weighted by atomic mass is 10.0. The van der Waals surface area contributed by atoms with Gasteiger partial charge in [0, 0.05) is 33.7 Å². The Bertz CT molecular complexity index is 1750. The first-order valence-corrected chi connectivity index (χ1v) is 12.1. The van der Waals surface area contributed by atoms with Crippen LogP contribution in [0.15, 0.2) is 76.3 Å². The Morgan fingerprint density at radius 3 is 2.65 bits per heavy atom. The topological polar surface area (TPSA) is 114 Å². The number of sulfonamides is 1. The molecule has 0 spiro atoms. The molecule has 0 aliphatic heterocycles. The molecule has 10 heteroatoms. The zero-order chi connectivity index (χ0) is 24.0. The van der Waals surface area contributed by atoms with Gasteiger partial charge < -0.3 is 14.0 Å². The number of halogens is 1. The molecule has 0 unspecified atom stereocenters. The van der Waals surface area contributed by atoms with Crippen molar-refractivity contribution in [3.63, 3.8) is 0 Å². The van der Waals surface area contributed by atoms with Gasteiger partial charge in [0.2, 0.25) is 10.0 Å². The van der Waals surface area contributed by atoms with Gasteiger partial charge in [-0.2, -0.15) is 0 Å².